The van der Waals surface area contributed by atoms with E-state index in [1.807, 2.05) is 0 Å². The molecule has 0 spiro atoms. The van der Waals surface area contributed by atoms with Gasteiger partial charge in [-0.05, 0) is 0 Å². The molecule has 1 aromatic rings. The van der Waals surface area contributed by atoms with Crippen LogP contribution in [0.5, 0.6) is 0 Å². The molecule has 21 heavy (non-hydrogen) atoms. The topological polar surface area (TPSA) is 103 Å². The summed E-state index contributed by atoms with van der Waals surface area (Å²) in [6.45, 7) is 0. The van der Waals surface area contributed by atoms with E-state index in [0.29, 0.717) is 12.3 Å². The fraction of sp³-hybridized carbons (Fsp3) is 0.333. The summed E-state index contributed by atoms with van der Waals surface area (Å²) in [5.41, 5.74) is 0. The summed E-state index contributed by atoms with van der Waals surface area (Å²) in [6.07, 6.45) is -0.320. The zero-order valence-corrected chi connectivity index (χ0v) is 14.3. The Bertz CT molecular complexity index is 521. The highest BCUT2D eigenvalue weighted by atomic mass is 35.5. The number of nitrogens with zero attached hydrogens (tertiary/aromatic N) is 6. The number of amides is 1. The lowest BCUT2D eigenvalue weighted by Crippen LogP contribution is -2.25. The first-order valence-corrected chi connectivity index (χ1v) is 7.74. The number of hydrogen-bond donors (Lipinski definition) is 1. The van der Waals surface area contributed by atoms with Crippen LogP contribution >= 0.6 is 58.9 Å². The molecule has 0 fully saturated rings. The van der Waals surface area contributed by atoms with Crippen LogP contribution in [0.25, 0.3) is 0 Å². The maximum absolute atomic E-state index is 11.7. The van der Waals surface area contributed by atoms with Crippen LogP contribution in [0.4, 0.5) is 17.8 Å². The van der Waals surface area contributed by atoms with Crippen LogP contribution in [0.1, 0.15) is 6.42 Å². The van der Waals surface area contributed by atoms with Crippen molar-refractivity contribution in [1.82, 2.24) is 15.0 Å². The largest absolute Gasteiger partial charge is 0.306 e. The Morgan fingerprint density at radius 2 is 1.43 bits per heavy atom. The van der Waals surface area contributed by atoms with Crippen LogP contribution < -0.4 is 12.3 Å². The van der Waals surface area contributed by atoms with Gasteiger partial charge >= 0.3 is 0 Å². The Hall–Kier alpha value is -0.360. The Morgan fingerprint density at radius 3 is 1.81 bits per heavy atom. The van der Waals surface area contributed by atoms with Gasteiger partial charge in [0.1, 0.15) is 0 Å². The molecule has 0 aliphatic carbocycles. The van der Waals surface area contributed by atoms with Gasteiger partial charge in [-0.15, -0.1) is 0 Å². The fourth-order valence-corrected chi connectivity index (χ4v) is 1.78. The van der Waals surface area contributed by atoms with E-state index in [2.05, 4.69) is 15.0 Å². The lowest BCUT2D eigenvalue weighted by molar-refractivity contribution is -0.117. The maximum Gasteiger partial charge on any atom is 0.262 e. The van der Waals surface area contributed by atoms with Crippen LogP contribution in [0.2, 0.25) is 0 Å². The summed E-state index contributed by atoms with van der Waals surface area (Å²) < 4.78 is 20.6. The number of hydrogen-bond acceptors (Lipinski definition) is 7. The molecule has 0 saturated heterocycles. The van der Waals surface area contributed by atoms with Crippen molar-refractivity contribution in [2.45, 2.75) is 6.42 Å². The summed E-state index contributed by atoms with van der Waals surface area (Å²) in [4.78, 5) is 22.8. The lowest BCUT2D eigenvalue weighted by atomic mass is 10.4. The number of halogens is 5. The van der Waals surface area contributed by atoms with Gasteiger partial charge in [-0.2, -0.15) is 27.2 Å². The van der Waals surface area contributed by atoms with Crippen molar-refractivity contribution in [2.24, 2.45) is 0 Å². The van der Waals surface area contributed by atoms with E-state index in [1.54, 1.807) is 0 Å². The minimum absolute atomic E-state index is 0.297. The number of anilines is 3. The summed E-state index contributed by atoms with van der Waals surface area (Å²) in [5, 5.41) is 0. The Kier molecular flexibility index (Phi) is 7.40. The van der Waals surface area contributed by atoms with Gasteiger partial charge in [-0.3, -0.25) is 4.79 Å². The zero-order chi connectivity index (χ0) is 16.2. The molecule has 1 atom stereocenters. The molecule has 0 radical (unpaired) electrons. The summed E-state index contributed by atoms with van der Waals surface area (Å²) in [7, 11) is 0. The minimum Gasteiger partial charge on any atom is -0.306 e. The van der Waals surface area contributed by atoms with Gasteiger partial charge in [-0.1, -0.05) is 0 Å². The summed E-state index contributed by atoms with van der Waals surface area (Å²) >= 11 is 25.4. The van der Waals surface area contributed by atoms with Gasteiger partial charge < -0.3 is 4.55 Å². The van der Waals surface area contributed by atoms with E-state index in [-0.39, 0.29) is 30.0 Å². The van der Waals surface area contributed by atoms with Gasteiger partial charge in [-0.25, -0.2) is 4.21 Å². The van der Waals surface area contributed by atoms with E-state index in [4.69, 9.17) is 63.4 Å². The second-order valence-electron chi connectivity index (χ2n) is 3.15. The highest BCUT2D eigenvalue weighted by Crippen LogP contribution is 2.24. The molecule has 1 N–H and O–H groups in total. The number of aromatic nitrogens is 3. The maximum atomic E-state index is 11.7. The highest BCUT2D eigenvalue weighted by Gasteiger charge is 2.22. The van der Waals surface area contributed by atoms with Crippen molar-refractivity contribution in [3.63, 3.8) is 0 Å². The molecule has 0 aliphatic heterocycles. The fourth-order valence-electron chi connectivity index (χ4n) is 0.967. The second kappa shape index (κ2) is 8.32. The molecule has 1 unspecified atom stereocenters. The third-order valence-corrected chi connectivity index (χ3v) is 3.29. The predicted molar refractivity (Wildman–Crippen MR) is 81.8 cm³/mol. The molecular formula is C6H5Cl5N6O3S. The van der Waals surface area contributed by atoms with Gasteiger partial charge in [0, 0.05) is 65.3 Å². The van der Waals surface area contributed by atoms with Crippen molar-refractivity contribution in [2.75, 3.05) is 18.0 Å². The van der Waals surface area contributed by atoms with Crippen LogP contribution in [0, 0.1) is 0 Å². The van der Waals surface area contributed by atoms with Crippen molar-refractivity contribution in [3.8, 4) is 0 Å². The Labute approximate surface area is 146 Å². The SMILES string of the molecule is O=C(CCS(=O)O)N(Cl)c1nc(N(Cl)Cl)nc(N(Cl)Cl)n1. The highest BCUT2D eigenvalue weighted by molar-refractivity contribution is 7.79. The molecule has 0 bridgehead atoms. The normalized spacial score (nSPS) is 11.9. The third-order valence-electron chi connectivity index (χ3n) is 1.79. The van der Waals surface area contributed by atoms with E-state index in [1.165, 1.54) is 0 Å². The molecule has 9 nitrogen and oxygen atoms in total. The molecule has 118 valence electrons. The first kappa shape index (κ1) is 18.7. The molecule has 15 heteroatoms. The van der Waals surface area contributed by atoms with Crippen molar-refractivity contribution in [3.05, 3.63) is 0 Å². The molecule has 1 aromatic heterocycles. The predicted octanol–water partition coefficient (Wildman–Crippen LogP) is 2.20. The van der Waals surface area contributed by atoms with Crippen molar-refractivity contribution in [1.29, 1.82) is 0 Å². The standard InChI is InChI=1S/C6H5Cl5N6O3S/c7-15(3(18)1-2-21(19)20)4-12-5(16(8)9)14-6(13-4)17(10)11/h1-2H2,(H,19,20). The van der Waals surface area contributed by atoms with Crippen LogP contribution in [0.15, 0.2) is 0 Å². The average molecular weight is 418 g/mol. The smallest absolute Gasteiger partial charge is 0.262 e. The zero-order valence-electron chi connectivity index (χ0n) is 9.66. The minimum atomic E-state index is -2.14. The van der Waals surface area contributed by atoms with Gasteiger partial charge in [0.15, 0.2) is 11.1 Å². The Balaban J connectivity index is 3.04. The monoisotopic (exact) mass is 416 g/mol. The summed E-state index contributed by atoms with van der Waals surface area (Å²) in [5.74, 6) is -2.01. The van der Waals surface area contributed by atoms with E-state index in [0.717, 1.165) is 0 Å². The molecule has 1 heterocycles. The molecule has 1 rings (SSSR count). The third kappa shape index (κ3) is 5.74. The van der Waals surface area contributed by atoms with E-state index in [9.17, 15) is 9.00 Å². The number of carbonyl (C=O) groups excluding carboxylic acids is 1. The van der Waals surface area contributed by atoms with Crippen molar-refractivity contribution < 1.29 is 13.6 Å². The molecule has 0 aromatic carbocycles. The van der Waals surface area contributed by atoms with Gasteiger partial charge in [0.25, 0.3) is 17.8 Å². The van der Waals surface area contributed by atoms with E-state index >= 15 is 0 Å². The second-order valence-corrected chi connectivity index (χ2v) is 6.24. The number of rotatable bonds is 6. The molecule has 1 amide bonds. The Morgan fingerprint density at radius 1 is 1.00 bits per heavy atom. The average Bonchev–Trinajstić information content (AvgIpc) is 2.43. The molecule has 0 saturated carbocycles. The number of carbonyl (C=O) groups is 1. The lowest BCUT2D eigenvalue weighted by Gasteiger charge is -2.14. The van der Waals surface area contributed by atoms with E-state index < -0.39 is 17.0 Å². The van der Waals surface area contributed by atoms with Crippen LogP contribution in [-0.2, 0) is 15.9 Å². The van der Waals surface area contributed by atoms with Gasteiger partial charge in [0.2, 0.25) is 5.91 Å². The molecule has 0 aliphatic rings. The quantitative estimate of drug-likeness (QED) is 0.554. The van der Waals surface area contributed by atoms with Crippen LogP contribution in [-0.4, -0.2) is 35.4 Å². The molecular weight excluding hydrogens is 413 g/mol. The first-order valence-electron chi connectivity index (χ1n) is 4.78. The van der Waals surface area contributed by atoms with Crippen molar-refractivity contribution >= 4 is 93.7 Å². The first-order chi connectivity index (χ1) is 9.72. The summed E-state index contributed by atoms with van der Waals surface area (Å²) in [6, 6.07) is 0. The van der Waals surface area contributed by atoms with Crippen LogP contribution in [0.3, 0.4) is 0 Å². The van der Waals surface area contributed by atoms with Gasteiger partial charge in [0.05, 0.1) is 5.75 Å².